The van der Waals surface area contributed by atoms with Gasteiger partial charge in [0.1, 0.15) is 11.6 Å². The first-order valence-electron chi connectivity index (χ1n) is 12.8. The number of unbranched alkanes of at least 4 members (excludes halogenated alkanes) is 1. The summed E-state index contributed by atoms with van der Waals surface area (Å²) < 4.78 is 33.4. The molecular weight excluding hydrogens is 534 g/mol. The lowest BCUT2D eigenvalue weighted by molar-refractivity contribution is -0.137. The molecule has 2 N–H and O–H groups in total. The fraction of sp³-hybridized carbons (Fsp3) is 0.167. The highest BCUT2D eigenvalue weighted by Crippen LogP contribution is 2.21. The largest absolute Gasteiger partial charge is 0.481 e. The molecule has 0 unspecified atom stereocenters. The maximum atomic E-state index is 13.6. The minimum absolute atomic E-state index is 0.000374. The summed E-state index contributed by atoms with van der Waals surface area (Å²) in [5.41, 5.74) is 1.73. The van der Waals surface area contributed by atoms with Gasteiger partial charge in [-0.2, -0.15) is 4.98 Å². The number of carboxylic acid groups (broad SMARTS) is 1. The fourth-order valence-electron chi connectivity index (χ4n) is 4.48. The predicted molar refractivity (Wildman–Crippen MR) is 146 cm³/mol. The van der Waals surface area contributed by atoms with Crippen molar-refractivity contribution in [1.82, 2.24) is 14.7 Å². The molecule has 5 aromatic rings. The molecule has 3 aromatic carbocycles. The zero-order valence-electron chi connectivity index (χ0n) is 21.6. The number of anilines is 1. The van der Waals surface area contributed by atoms with E-state index >= 15 is 0 Å². The first-order valence-corrected chi connectivity index (χ1v) is 12.8. The van der Waals surface area contributed by atoms with Crippen LogP contribution in [0.2, 0.25) is 0 Å². The summed E-state index contributed by atoms with van der Waals surface area (Å²) in [4.78, 5) is 41.6. The van der Waals surface area contributed by atoms with Crippen LogP contribution in [0.5, 0.6) is 0 Å². The monoisotopic (exact) mass is 558 g/mol. The van der Waals surface area contributed by atoms with Gasteiger partial charge in [-0.25, -0.2) is 8.78 Å². The van der Waals surface area contributed by atoms with E-state index in [-0.39, 0.29) is 41.6 Å². The fourth-order valence-corrected chi connectivity index (χ4v) is 4.48. The van der Waals surface area contributed by atoms with E-state index in [4.69, 9.17) is 9.63 Å². The summed E-state index contributed by atoms with van der Waals surface area (Å²) in [6.07, 6.45) is 1.58. The number of carbonyl (C=O) groups excluding carboxylic acids is 1. The lowest BCUT2D eigenvalue weighted by Crippen LogP contribution is -2.22. The van der Waals surface area contributed by atoms with Crippen LogP contribution in [-0.2, 0) is 17.6 Å². The van der Waals surface area contributed by atoms with Gasteiger partial charge in [0.05, 0.1) is 6.42 Å². The van der Waals surface area contributed by atoms with Gasteiger partial charge in [0.25, 0.3) is 17.4 Å². The second-order valence-corrected chi connectivity index (χ2v) is 9.42. The maximum absolute atomic E-state index is 13.6. The zero-order chi connectivity index (χ0) is 28.9. The molecule has 5 rings (SSSR count). The number of benzene rings is 3. The third kappa shape index (κ3) is 6.52. The second-order valence-electron chi connectivity index (χ2n) is 9.42. The number of carboxylic acids is 1. The van der Waals surface area contributed by atoms with Crippen molar-refractivity contribution in [1.29, 1.82) is 0 Å². The molecule has 0 atom stereocenters. The van der Waals surface area contributed by atoms with Crippen molar-refractivity contribution in [3.63, 3.8) is 0 Å². The number of pyridine rings is 1. The number of nitrogens with zero attached hydrogens (tertiary/aromatic N) is 3. The van der Waals surface area contributed by atoms with Crippen molar-refractivity contribution < 1.29 is 28.0 Å². The van der Waals surface area contributed by atoms with Gasteiger partial charge in [0, 0.05) is 28.8 Å². The standard InChI is InChI=1S/C30H24F2N4O5/c31-21-8-5-18(6-9-21)15-26-33-30(35-41-26)34-28(39)19-7-14-25-20(16-19)17-24(3-1-2-4-27(37)38)36(29(25)40)23-12-10-22(32)11-13-23/h5-14,16-17H,1-4,15H2,(H,37,38)(H,34,35,39). The number of aromatic nitrogens is 3. The van der Waals surface area contributed by atoms with Gasteiger partial charge in [0.2, 0.25) is 5.89 Å². The number of hydrogen-bond acceptors (Lipinski definition) is 6. The van der Waals surface area contributed by atoms with Gasteiger partial charge in [-0.05, 0) is 96.0 Å². The highest BCUT2D eigenvalue weighted by molar-refractivity contribution is 6.05. The van der Waals surface area contributed by atoms with Crippen LogP contribution in [0.15, 0.2) is 82.1 Å². The molecule has 0 fully saturated rings. The molecule has 0 saturated carbocycles. The lowest BCUT2D eigenvalue weighted by atomic mass is 10.0. The van der Waals surface area contributed by atoms with E-state index in [1.54, 1.807) is 24.3 Å². The Hall–Kier alpha value is -5.19. The Labute approximate surface area is 232 Å². The van der Waals surface area contributed by atoms with Gasteiger partial charge >= 0.3 is 5.97 Å². The zero-order valence-corrected chi connectivity index (χ0v) is 21.6. The topological polar surface area (TPSA) is 127 Å². The quantitative estimate of drug-likeness (QED) is 0.223. The van der Waals surface area contributed by atoms with Crippen LogP contribution in [0.1, 0.15) is 46.8 Å². The highest BCUT2D eigenvalue weighted by atomic mass is 19.1. The van der Waals surface area contributed by atoms with Crippen LogP contribution in [0, 0.1) is 11.6 Å². The van der Waals surface area contributed by atoms with Crippen LogP contribution >= 0.6 is 0 Å². The summed E-state index contributed by atoms with van der Waals surface area (Å²) in [7, 11) is 0. The Balaban J connectivity index is 1.40. The molecular formula is C30H24F2N4O5. The number of hydrogen-bond donors (Lipinski definition) is 2. The lowest BCUT2D eigenvalue weighted by Gasteiger charge is -2.15. The van der Waals surface area contributed by atoms with Crippen LogP contribution in [0.4, 0.5) is 14.7 Å². The number of amides is 1. The first kappa shape index (κ1) is 27.4. The molecule has 2 aromatic heterocycles. The summed E-state index contributed by atoms with van der Waals surface area (Å²) in [6, 6.07) is 17.7. The Bertz CT molecular complexity index is 1780. The number of aryl methyl sites for hydroxylation is 1. The van der Waals surface area contributed by atoms with Crippen molar-refractivity contribution in [2.24, 2.45) is 0 Å². The molecule has 0 aliphatic carbocycles. The number of halogens is 2. The molecule has 0 radical (unpaired) electrons. The average Bonchev–Trinajstić information content (AvgIpc) is 3.39. The number of rotatable bonds is 10. The number of fused-ring (bicyclic) bond motifs is 1. The molecule has 9 nitrogen and oxygen atoms in total. The molecule has 208 valence electrons. The van der Waals surface area contributed by atoms with Gasteiger partial charge in [-0.15, -0.1) is 0 Å². The van der Waals surface area contributed by atoms with Crippen LogP contribution in [0.25, 0.3) is 16.5 Å². The molecule has 0 spiro atoms. The van der Waals surface area contributed by atoms with Crippen molar-refractivity contribution in [2.45, 2.75) is 32.1 Å². The second kappa shape index (κ2) is 11.9. The predicted octanol–water partition coefficient (Wildman–Crippen LogP) is 5.29. The minimum atomic E-state index is -0.903. The van der Waals surface area contributed by atoms with Gasteiger partial charge in [-0.1, -0.05) is 12.1 Å². The first-order chi connectivity index (χ1) is 19.8. The summed E-state index contributed by atoms with van der Waals surface area (Å²) in [5.74, 6) is -2.03. The molecule has 0 bridgehead atoms. The number of carbonyl (C=O) groups is 2. The third-order valence-corrected chi connectivity index (χ3v) is 6.48. The molecule has 11 heteroatoms. The van der Waals surface area contributed by atoms with Crippen molar-refractivity contribution >= 4 is 28.6 Å². The summed E-state index contributed by atoms with van der Waals surface area (Å²) in [6.45, 7) is 0. The van der Waals surface area contributed by atoms with E-state index in [2.05, 4.69) is 15.5 Å². The molecule has 0 aliphatic heterocycles. The molecule has 2 heterocycles. The van der Waals surface area contributed by atoms with E-state index in [0.29, 0.717) is 41.4 Å². The Kier molecular flexibility index (Phi) is 7.95. The van der Waals surface area contributed by atoms with E-state index in [1.807, 2.05) is 0 Å². The van der Waals surface area contributed by atoms with E-state index < -0.39 is 17.7 Å². The van der Waals surface area contributed by atoms with Gasteiger partial charge in [-0.3, -0.25) is 24.3 Å². The van der Waals surface area contributed by atoms with E-state index in [0.717, 1.165) is 5.56 Å². The molecule has 41 heavy (non-hydrogen) atoms. The van der Waals surface area contributed by atoms with Gasteiger partial charge in [0.15, 0.2) is 0 Å². The van der Waals surface area contributed by atoms with Crippen molar-refractivity contribution in [2.75, 3.05) is 5.32 Å². The maximum Gasteiger partial charge on any atom is 0.303 e. The van der Waals surface area contributed by atoms with E-state index in [9.17, 15) is 23.2 Å². The Morgan fingerprint density at radius 1 is 0.927 bits per heavy atom. The normalized spacial score (nSPS) is 11.1. The van der Waals surface area contributed by atoms with Crippen LogP contribution < -0.4 is 10.9 Å². The van der Waals surface area contributed by atoms with Crippen molar-refractivity contribution in [3.05, 3.63) is 117 Å². The highest BCUT2D eigenvalue weighted by Gasteiger charge is 2.16. The average molecular weight is 559 g/mol. The van der Waals surface area contributed by atoms with E-state index in [1.165, 1.54) is 53.1 Å². The van der Waals surface area contributed by atoms with Crippen molar-refractivity contribution in [3.8, 4) is 5.69 Å². The molecule has 1 amide bonds. The smallest absolute Gasteiger partial charge is 0.303 e. The third-order valence-electron chi connectivity index (χ3n) is 6.48. The minimum Gasteiger partial charge on any atom is -0.481 e. The summed E-state index contributed by atoms with van der Waals surface area (Å²) in [5, 5.41) is 16.2. The number of aliphatic carboxylic acids is 1. The van der Waals surface area contributed by atoms with Crippen LogP contribution in [-0.4, -0.2) is 31.7 Å². The van der Waals surface area contributed by atoms with Crippen LogP contribution in [0.3, 0.4) is 0 Å². The van der Waals surface area contributed by atoms with Gasteiger partial charge < -0.3 is 9.63 Å². The Morgan fingerprint density at radius 2 is 1.63 bits per heavy atom. The molecule has 0 aliphatic rings. The summed E-state index contributed by atoms with van der Waals surface area (Å²) >= 11 is 0. The number of nitrogens with one attached hydrogen (secondary N) is 1. The SMILES string of the molecule is O=C(O)CCCCc1cc2cc(C(=O)Nc3noc(Cc4ccc(F)cc4)n3)ccc2c(=O)n1-c1ccc(F)cc1. The molecule has 0 saturated heterocycles. The Morgan fingerprint density at radius 3 is 2.34 bits per heavy atom.